The van der Waals surface area contributed by atoms with Crippen molar-refractivity contribution in [1.29, 1.82) is 0 Å². The van der Waals surface area contributed by atoms with Crippen molar-refractivity contribution in [2.24, 2.45) is 5.92 Å². The van der Waals surface area contributed by atoms with Gasteiger partial charge >= 0.3 is 0 Å². The standard InChI is InChI=1S/C18H29NO/c1-12(2)15-6-7-18(17(10-15)13(3)4)19-14(5)16-8-9-20-11-16/h6-7,10,12-14,16,19H,8-9,11H2,1-5H3. The molecule has 2 unspecified atom stereocenters. The number of nitrogens with one attached hydrogen (secondary N) is 1. The molecule has 1 fully saturated rings. The van der Waals surface area contributed by atoms with Crippen molar-refractivity contribution in [3.63, 3.8) is 0 Å². The monoisotopic (exact) mass is 275 g/mol. The maximum Gasteiger partial charge on any atom is 0.0514 e. The molecule has 20 heavy (non-hydrogen) atoms. The molecule has 0 amide bonds. The Hall–Kier alpha value is -1.02. The van der Waals surface area contributed by atoms with Gasteiger partial charge in [0, 0.05) is 24.3 Å². The Bertz CT molecular complexity index is 433. The van der Waals surface area contributed by atoms with E-state index in [4.69, 9.17) is 4.74 Å². The number of rotatable bonds is 5. The van der Waals surface area contributed by atoms with E-state index in [0.29, 0.717) is 23.8 Å². The molecule has 0 saturated carbocycles. The molecule has 0 bridgehead atoms. The molecular weight excluding hydrogens is 246 g/mol. The summed E-state index contributed by atoms with van der Waals surface area (Å²) in [5.41, 5.74) is 4.15. The van der Waals surface area contributed by atoms with Crippen LogP contribution in [0.3, 0.4) is 0 Å². The topological polar surface area (TPSA) is 21.3 Å². The van der Waals surface area contributed by atoms with Gasteiger partial charge in [0.25, 0.3) is 0 Å². The van der Waals surface area contributed by atoms with E-state index in [0.717, 1.165) is 13.2 Å². The lowest BCUT2D eigenvalue weighted by molar-refractivity contribution is 0.183. The molecule has 0 radical (unpaired) electrons. The van der Waals surface area contributed by atoms with E-state index in [1.807, 2.05) is 0 Å². The minimum Gasteiger partial charge on any atom is -0.382 e. The summed E-state index contributed by atoms with van der Waals surface area (Å²) in [5.74, 6) is 1.77. The van der Waals surface area contributed by atoms with Crippen LogP contribution in [-0.2, 0) is 4.74 Å². The average molecular weight is 275 g/mol. The zero-order chi connectivity index (χ0) is 14.7. The Morgan fingerprint density at radius 2 is 1.85 bits per heavy atom. The number of ether oxygens (including phenoxy) is 1. The van der Waals surface area contributed by atoms with E-state index in [1.165, 1.54) is 23.2 Å². The van der Waals surface area contributed by atoms with Crippen LogP contribution < -0.4 is 5.32 Å². The van der Waals surface area contributed by atoms with E-state index in [2.05, 4.69) is 58.1 Å². The van der Waals surface area contributed by atoms with E-state index < -0.39 is 0 Å². The van der Waals surface area contributed by atoms with Crippen molar-refractivity contribution in [2.75, 3.05) is 18.5 Å². The Labute approximate surface area is 123 Å². The molecule has 2 heteroatoms. The molecule has 1 saturated heterocycles. The normalized spacial score (nSPS) is 20.6. The smallest absolute Gasteiger partial charge is 0.0514 e. The van der Waals surface area contributed by atoms with Crippen LogP contribution in [0.1, 0.15) is 64.0 Å². The molecule has 1 aromatic carbocycles. The molecule has 1 aromatic rings. The molecule has 1 N–H and O–H groups in total. The zero-order valence-electron chi connectivity index (χ0n) is 13.6. The molecule has 2 atom stereocenters. The van der Waals surface area contributed by atoms with E-state index in [-0.39, 0.29) is 0 Å². The van der Waals surface area contributed by atoms with E-state index in [1.54, 1.807) is 0 Å². The van der Waals surface area contributed by atoms with E-state index in [9.17, 15) is 0 Å². The third kappa shape index (κ3) is 3.54. The molecule has 0 spiro atoms. The van der Waals surface area contributed by atoms with Crippen LogP contribution in [0, 0.1) is 5.92 Å². The Kier molecular flexibility index (Phi) is 5.09. The van der Waals surface area contributed by atoms with Crippen molar-refractivity contribution >= 4 is 5.69 Å². The number of hydrogen-bond donors (Lipinski definition) is 1. The lowest BCUT2D eigenvalue weighted by Crippen LogP contribution is -2.26. The number of benzene rings is 1. The summed E-state index contributed by atoms with van der Waals surface area (Å²) in [6.07, 6.45) is 1.18. The molecule has 1 aliphatic heterocycles. The lowest BCUT2D eigenvalue weighted by atomic mass is 9.93. The molecule has 2 nitrogen and oxygen atoms in total. The Morgan fingerprint density at radius 1 is 1.10 bits per heavy atom. The van der Waals surface area contributed by atoms with Crippen LogP contribution in [-0.4, -0.2) is 19.3 Å². The molecular formula is C18H29NO. The molecule has 112 valence electrons. The van der Waals surface area contributed by atoms with Gasteiger partial charge in [0.2, 0.25) is 0 Å². The first-order valence-corrected chi connectivity index (χ1v) is 7.97. The first-order chi connectivity index (χ1) is 9.49. The number of anilines is 1. The molecule has 2 rings (SSSR count). The summed E-state index contributed by atoms with van der Waals surface area (Å²) in [6, 6.07) is 7.36. The van der Waals surface area contributed by atoms with Gasteiger partial charge in [-0.25, -0.2) is 0 Å². The fourth-order valence-corrected chi connectivity index (χ4v) is 2.86. The van der Waals surface area contributed by atoms with Crippen molar-refractivity contribution in [3.8, 4) is 0 Å². The highest BCUT2D eigenvalue weighted by Crippen LogP contribution is 2.30. The van der Waals surface area contributed by atoms with Crippen molar-refractivity contribution < 1.29 is 4.74 Å². The van der Waals surface area contributed by atoms with Gasteiger partial charge in [0.15, 0.2) is 0 Å². The van der Waals surface area contributed by atoms with Gasteiger partial charge in [-0.05, 0) is 42.4 Å². The van der Waals surface area contributed by atoms with Gasteiger partial charge < -0.3 is 10.1 Å². The van der Waals surface area contributed by atoms with Crippen LogP contribution in [0.25, 0.3) is 0 Å². The van der Waals surface area contributed by atoms with Gasteiger partial charge in [0.1, 0.15) is 0 Å². The van der Waals surface area contributed by atoms with Gasteiger partial charge in [-0.15, -0.1) is 0 Å². The second kappa shape index (κ2) is 6.62. The van der Waals surface area contributed by atoms with Crippen LogP contribution in [0.4, 0.5) is 5.69 Å². The second-order valence-electron chi connectivity index (χ2n) is 6.71. The highest BCUT2D eigenvalue weighted by atomic mass is 16.5. The third-order valence-electron chi connectivity index (χ3n) is 4.42. The van der Waals surface area contributed by atoms with Gasteiger partial charge in [-0.2, -0.15) is 0 Å². The lowest BCUT2D eigenvalue weighted by Gasteiger charge is -2.24. The molecule has 0 aromatic heterocycles. The summed E-state index contributed by atoms with van der Waals surface area (Å²) >= 11 is 0. The summed E-state index contributed by atoms with van der Waals surface area (Å²) in [4.78, 5) is 0. The predicted octanol–water partition coefficient (Wildman–Crippen LogP) is 4.77. The van der Waals surface area contributed by atoms with Gasteiger partial charge in [0.05, 0.1) is 6.61 Å². The maximum absolute atomic E-state index is 5.50. The Balaban J connectivity index is 2.17. The van der Waals surface area contributed by atoms with Gasteiger partial charge in [-0.3, -0.25) is 0 Å². The summed E-state index contributed by atoms with van der Waals surface area (Å²) in [7, 11) is 0. The summed E-state index contributed by atoms with van der Waals surface area (Å²) in [5, 5.41) is 3.72. The largest absolute Gasteiger partial charge is 0.382 e. The minimum absolute atomic E-state index is 0.472. The van der Waals surface area contributed by atoms with Crippen molar-refractivity contribution in [3.05, 3.63) is 29.3 Å². The second-order valence-corrected chi connectivity index (χ2v) is 6.71. The average Bonchev–Trinajstić information content (AvgIpc) is 2.92. The van der Waals surface area contributed by atoms with Crippen LogP contribution in [0.5, 0.6) is 0 Å². The zero-order valence-corrected chi connectivity index (χ0v) is 13.6. The highest BCUT2D eigenvalue weighted by molar-refractivity contribution is 5.55. The fourth-order valence-electron chi connectivity index (χ4n) is 2.86. The number of hydrogen-bond acceptors (Lipinski definition) is 2. The predicted molar refractivity (Wildman–Crippen MR) is 86.6 cm³/mol. The van der Waals surface area contributed by atoms with Gasteiger partial charge in [-0.1, -0.05) is 39.8 Å². The van der Waals surface area contributed by atoms with Crippen molar-refractivity contribution in [1.82, 2.24) is 0 Å². The summed E-state index contributed by atoms with van der Waals surface area (Å²) in [6.45, 7) is 13.1. The molecule has 1 heterocycles. The first-order valence-electron chi connectivity index (χ1n) is 7.97. The van der Waals surface area contributed by atoms with E-state index >= 15 is 0 Å². The van der Waals surface area contributed by atoms with Crippen LogP contribution in [0.15, 0.2) is 18.2 Å². The molecule has 1 aliphatic rings. The molecule has 0 aliphatic carbocycles. The van der Waals surface area contributed by atoms with Crippen LogP contribution in [0.2, 0.25) is 0 Å². The first kappa shape index (κ1) is 15.4. The Morgan fingerprint density at radius 3 is 2.40 bits per heavy atom. The maximum atomic E-state index is 5.50. The third-order valence-corrected chi connectivity index (χ3v) is 4.42. The quantitative estimate of drug-likeness (QED) is 0.835. The SMILES string of the molecule is CC(C)c1ccc(NC(C)C2CCOC2)c(C(C)C)c1. The minimum atomic E-state index is 0.472. The fraction of sp³-hybridized carbons (Fsp3) is 0.667. The summed E-state index contributed by atoms with van der Waals surface area (Å²) < 4.78 is 5.50. The van der Waals surface area contributed by atoms with Crippen LogP contribution >= 0.6 is 0 Å². The van der Waals surface area contributed by atoms with Crippen molar-refractivity contribution in [2.45, 2.75) is 58.9 Å². The highest BCUT2D eigenvalue weighted by Gasteiger charge is 2.23.